The highest BCUT2D eigenvalue weighted by molar-refractivity contribution is 5.82. The number of carbonyl (C=O) groups excluding carboxylic acids is 2. The summed E-state index contributed by atoms with van der Waals surface area (Å²) in [6.45, 7) is 6.70. The van der Waals surface area contributed by atoms with Gasteiger partial charge in [0, 0.05) is 25.0 Å². The highest BCUT2D eigenvalue weighted by Crippen LogP contribution is 2.19. The number of rotatable bonds is 6. The van der Waals surface area contributed by atoms with Crippen LogP contribution in [-0.4, -0.2) is 46.9 Å². The topological polar surface area (TPSA) is 86.7 Å². The smallest absolute Gasteiger partial charge is 0.305 e. The lowest BCUT2D eigenvalue weighted by atomic mass is 9.95. The first-order valence-electron chi connectivity index (χ1n) is 7.66. The van der Waals surface area contributed by atoms with Crippen LogP contribution in [0.1, 0.15) is 46.5 Å². The maximum absolute atomic E-state index is 12.2. The maximum Gasteiger partial charge on any atom is 0.305 e. The minimum atomic E-state index is -0.914. The van der Waals surface area contributed by atoms with E-state index in [1.54, 1.807) is 4.90 Å². The van der Waals surface area contributed by atoms with Crippen molar-refractivity contribution in [3.8, 4) is 0 Å². The Morgan fingerprint density at radius 1 is 1.33 bits per heavy atom. The van der Waals surface area contributed by atoms with Crippen LogP contribution in [0.2, 0.25) is 0 Å². The van der Waals surface area contributed by atoms with Gasteiger partial charge in [-0.25, -0.2) is 0 Å². The van der Waals surface area contributed by atoms with Gasteiger partial charge >= 0.3 is 5.97 Å². The third-order valence-electron chi connectivity index (χ3n) is 3.86. The molecule has 1 aliphatic heterocycles. The Kier molecular flexibility index (Phi) is 6.65. The molecule has 0 aromatic heterocycles. The van der Waals surface area contributed by atoms with Gasteiger partial charge in [-0.15, -0.1) is 0 Å². The molecule has 2 atom stereocenters. The number of nitrogens with one attached hydrogen (secondary N) is 1. The second-order valence-electron chi connectivity index (χ2n) is 5.99. The summed E-state index contributed by atoms with van der Waals surface area (Å²) >= 11 is 0. The number of hydrogen-bond acceptors (Lipinski definition) is 3. The Morgan fingerprint density at radius 2 is 2.00 bits per heavy atom. The van der Waals surface area contributed by atoms with Gasteiger partial charge < -0.3 is 15.3 Å². The zero-order valence-electron chi connectivity index (χ0n) is 13.1. The lowest BCUT2D eigenvalue weighted by molar-refractivity contribution is -0.138. The number of hydrogen-bond donors (Lipinski definition) is 2. The summed E-state index contributed by atoms with van der Waals surface area (Å²) in [4.78, 5) is 36.7. The molecule has 2 amide bonds. The van der Waals surface area contributed by atoms with E-state index in [1.807, 2.05) is 20.8 Å². The number of carboxylic acids is 1. The number of nitrogens with zero attached hydrogens (tertiary/aromatic N) is 1. The summed E-state index contributed by atoms with van der Waals surface area (Å²) in [7, 11) is 0. The van der Waals surface area contributed by atoms with Crippen molar-refractivity contribution in [2.75, 3.05) is 13.1 Å². The summed E-state index contributed by atoms with van der Waals surface area (Å²) in [6.07, 6.45) is 2.08. The normalized spacial score (nSPS) is 20.2. The summed E-state index contributed by atoms with van der Waals surface area (Å²) in [5.41, 5.74) is 0. The van der Waals surface area contributed by atoms with Gasteiger partial charge in [-0.1, -0.05) is 20.8 Å². The first-order valence-corrected chi connectivity index (χ1v) is 7.66. The third-order valence-corrected chi connectivity index (χ3v) is 3.86. The molecule has 0 saturated carbocycles. The predicted octanol–water partition coefficient (Wildman–Crippen LogP) is 1.25. The minimum Gasteiger partial charge on any atom is -0.481 e. The van der Waals surface area contributed by atoms with Crippen LogP contribution in [0.4, 0.5) is 0 Å². The van der Waals surface area contributed by atoms with E-state index in [-0.39, 0.29) is 36.1 Å². The fraction of sp³-hybridized carbons (Fsp3) is 0.800. The van der Waals surface area contributed by atoms with E-state index in [1.165, 1.54) is 0 Å². The molecule has 1 saturated heterocycles. The summed E-state index contributed by atoms with van der Waals surface area (Å²) in [5, 5.41) is 11.6. The van der Waals surface area contributed by atoms with Gasteiger partial charge in [0.15, 0.2) is 0 Å². The second-order valence-corrected chi connectivity index (χ2v) is 5.99. The molecule has 0 aliphatic carbocycles. The lowest BCUT2D eigenvalue weighted by Crippen LogP contribution is -2.48. The van der Waals surface area contributed by atoms with Crippen molar-refractivity contribution in [2.24, 2.45) is 11.8 Å². The van der Waals surface area contributed by atoms with Gasteiger partial charge in [0.05, 0.1) is 12.3 Å². The summed E-state index contributed by atoms with van der Waals surface area (Å²) in [5.74, 6) is -1.27. The van der Waals surface area contributed by atoms with Crippen LogP contribution in [0, 0.1) is 11.8 Å². The molecular formula is C15H26N2O4. The predicted molar refractivity (Wildman–Crippen MR) is 78.6 cm³/mol. The van der Waals surface area contributed by atoms with E-state index >= 15 is 0 Å². The molecule has 1 rings (SSSR count). The number of carboxylic acid groups (broad SMARTS) is 1. The largest absolute Gasteiger partial charge is 0.481 e. The molecule has 1 heterocycles. The van der Waals surface area contributed by atoms with Crippen LogP contribution in [0.5, 0.6) is 0 Å². The van der Waals surface area contributed by atoms with Crippen LogP contribution >= 0.6 is 0 Å². The van der Waals surface area contributed by atoms with Crippen LogP contribution in [0.3, 0.4) is 0 Å². The average Bonchev–Trinajstić information content (AvgIpc) is 2.45. The van der Waals surface area contributed by atoms with E-state index in [0.29, 0.717) is 19.5 Å². The van der Waals surface area contributed by atoms with Crippen LogP contribution in [0.15, 0.2) is 0 Å². The van der Waals surface area contributed by atoms with Crippen molar-refractivity contribution in [1.29, 1.82) is 0 Å². The van der Waals surface area contributed by atoms with E-state index in [2.05, 4.69) is 5.32 Å². The van der Waals surface area contributed by atoms with Crippen molar-refractivity contribution in [1.82, 2.24) is 10.2 Å². The average molecular weight is 298 g/mol. The molecule has 0 spiro atoms. The summed E-state index contributed by atoms with van der Waals surface area (Å²) in [6, 6.07) is -0.342. The molecule has 0 aromatic carbocycles. The molecule has 1 aliphatic rings. The second kappa shape index (κ2) is 8.00. The minimum absolute atomic E-state index is 0.0659. The molecule has 2 unspecified atom stereocenters. The number of carbonyl (C=O) groups is 3. The standard InChI is InChI=1S/C15H26N2O4/c1-4-12(8-13(18)19)16-14(20)11-6-5-7-17(9-11)15(21)10(2)3/h10-12H,4-9H2,1-3H3,(H,16,20)(H,18,19). The number of amides is 2. The Morgan fingerprint density at radius 3 is 2.52 bits per heavy atom. The highest BCUT2D eigenvalue weighted by atomic mass is 16.4. The van der Waals surface area contributed by atoms with Crippen molar-refractivity contribution in [3.63, 3.8) is 0 Å². The first kappa shape index (κ1) is 17.5. The van der Waals surface area contributed by atoms with Crippen LogP contribution < -0.4 is 5.32 Å². The number of piperidine rings is 1. The van der Waals surface area contributed by atoms with Gasteiger partial charge in [-0.2, -0.15) is 0 Å². The number of likely N-dealkylation sites (tertiary alicyclic amines) is 1. The lowest BCUT2D eigenvalue weighted by Gasteiger charge is -2.33. The molecule has 6 nitrogen and oxygen atoms in total. The molecular weight excluding hydrogens is 272 g/mol. The molecule has 21 heavy (non-hydrogen) atoms. The summed E-state index contributed by atoms with van der Waals surface area (Å²) < 4.78 is 0. The highest BCUT2D eigenvalue weighted by Gasteiger charge is 2.30. The Balaban J connectivity index is 2.57. The monoisotopic (exact) mass is 298 g/mol. The number of aliphatic carboxylic acids is 1. The van der Waals surface area contributed by atoms with Crippen molar-refractivity contribution in [2.45, 2.75) is 52.5 Å². The molecule has 0 aromatic rings. The van der Waals surface area contributed by atoms with Gasteiger partial charge in [0.2, 0.25) is 11.8 Å². The van der Waals surface area contributed by atoms with Crippen molar-refractivity contribution < 1.29 is 19.5 Å². The molecule has 0 radical (unpaired) electrons. The van der Waals surface area contributed by atoms with Gasteiger partial charge in [-0.3, -0.25) is 14.4 Å². The van der Waals surface area contributed by atoms with E-state index in [0.717, 1.165) is 12.8 Å². The van der Waals surface area contributed by atoms with E-state index in [4.69, 9.17) is 5.11 Å². The molecule has 1 fully saturated rings. The quantitative estimate of drug-likeness (QED) is 0.772. The molecule has 6 heteroatoms. The van der Waals surface area contributed by atoms with Crippen LogP contribution in [-0.2, 0) is 14.4 Å². The third kappa shape index (κ3) is 5.36. The first-order chi connectivity index (χ1) is 9.85. The Labute approximate surface area is 125 Å². The zero-order valence-corrected chi connectivity index (χ0v) is 13.1. The van der Waals surface area contributed by atoms with Gasteiger partial charge in [0.1, 0.15) is 0 Å². The molecule has 120 valence electrons. The van der Waals surface area contributed by atoms with E-state index < -0.39 is 5.97 Å². The molecule has 2 N–H and O–H groups in total. The van der Waals surface area contributed by atoms with E-state index in [9.17, 15) is 14.4 Å². The maximum atomic E-state index is 12.2. The van der Waals surface area contributed by atoms with Crippen molar-refractivity contribution >= 4 is 17.8 Å². The van der Waals surface area contributed by atoms with Gasteiger partial charge in [0.25, 0.3) is 0 Å². The Bertz CT molecular complexity index is 395. The molecule has 0 bridgehead atoms. The SMILES string of the molecule is CCC(CC(=O)O)NC(=O)C1CCCN(C(=O)C(C)C)C1. The fourth-order valence-electron chi connectivity index (χ4n) is 2.58. The fourth-order valence-corrected chi connectivity index (χ4v) is 2.58. The van der Waals surface area contributed by atoms with Crippen molar-refractivity contribution in [3.05, 3.63) is 0 Å². The zero-order chi connectivity index (χ0) is 16.0. The van der Waals surface area contributed by atoms with Crippen LogP contribution in [0.25, 0.3) is 0 Å². The van der Waals surface area contributed by atoms with Gasteiger partial charge in [-0.05, 0) is 19.3 Å². The Hall–Kier alpha value is -1.59.